The topological polar surface area (TPSA) is 64.6 Å². The molecule has 0 aliphatic rings. The van der Waals surface area contributed by atoms with Gasteiger partial charge in [0.1, 0.15) is 12.9 Å². The number of hydrogen-bond donors (Lipinski definition) is 1. The SMILES string of the molecule is COP(=O)(Cl)CNC(=O)OCc1ccccc1. The van der Waals surface area contributed by atoms with Crippen LogP contribution in [0.1, 0.15) is 5.56 Å². The van der Waals surface area contributed by atoms with Gasteiger partial charge >= 0.3 is 12.8 Å². The summed E-state index contributed by atoms with van der Waals surface area (Å²) in [7, 11) is 1.21. The first kappa shape index (κ1) is 14.0. The van der Waals surface area contributed by atoms with Crippen molar-refractivity contribution in [1.29, 1.82) is 0 Å². The zero-order chi connectivity index (χ0) is 12.7. The summed E-state index contributed by atoms with van der Waals surface area (Å²) in [6.45, 7) is -3.12. The normalized spacial score (nSPS) is 13.8. The van der Waals surface area contributed by atoms with E-state index in [9.17, 15) is 9.36 Å². The van der Waals surface area contributed by atoms with Crippen molar-refractivity contribution in [1.82, 2.24) is 5.32 Å². The molecule has 0 aromatic heterocycles. The van der Waals surface area contributed by atoms with Crippen LogP contribution in [0.2, 0.25) is 0 Å². The molecule has 17 heavy (non-hydrogen) atoms. The molecule has 0 saturated heterocycles. The van der Waals surface area contributed by atoms with E-state index in [1.165, 1.54) is 7.11 Å². The molecule has 7 heteroatoms. The molecule has 0 aliphatic heterocycles. The quantitative estimate of drug-likeness (QED) is 0.841. The van der Waals surface area contributed by atoms with Gasteiger partial charge in [-0.3, -0.25) is 4.57 Å². The van der Waals surface area contributed by atoms with E-state index in [1.54, 1.807) is 0 Å². The minimum Gasteiger partial charge on any atom is -0.445 e. The van der Waals surface area contributed by atoms with Gasteiger partial charge in [-0.15, -0.1) is 0 Å². The van der Waals surface area contributed by atoms with E-state index < -0.39 is 12.8 Å². The van der Waals surface area contributed by atoms with Crippen LogP contribution in [0, 0.1) is 0 Å². The third-order valence-electron chi connectivity index (χ3n) is 1.90. The van der Waals surface area contributed by atoms with Gasteiger partial charge in [-0.1, -0.05) is 30.3 Å². The highest BCUT2D eigenvalue weighted by molar-refractivity contribution is 7.85. The second-order valence-corrected chi connectivity index (χ2v) is 6.58. The number of ether oxygens (including phenoxy) is 1. The Labute approximate surface area is 104 Å². The fraction of sp³-hybridized carbons (Fsp3) is 0.300. The first-order chi connectivity index (χ1) is 8.03. The summed E-state index contributed by atoms with van der Waals surface area (Å²) >= 11 is 5.44. The molecule has 0 radical (unpaired) electrons. The number of hydrogen-bond acceptors (Lipinski definition) is 4. The van der Waals surface area contributed by atoms with E-state index in [0.29, 0.717) is 0 Å². The fourth-order valence-corrected chi connectivity index (χ4v) is 1.62. The van der Waals surface area contributed by atoms with Crippen molar-refractivity contribution < 1.29 is 18.6 Å². The first-order valence-electron chi connectivity index (χ1n) is 4.82. The Balaban J connectivity index is 2.29. The molecule has 1 aromatic rings. The summed E-state index contributed by atoms with van der Waals surface area (Å²) < 4.78 is 20.6. The van der Waals surface area contributed by atoms with Crippen LogP contribution < -0.4 is 5.32 Å². The molecule has 94 valence electrons. The maximum Gasteiger partial charge on any atom is 0.407 e. The van der Waals surface area contributed by atoms with Gasteiger partial charge in [0.2, 0.25) is 0 Å². The van der Waals surface area contributed by atoms with Gasteiger partial charge in [0.15, 0.2) is 0 Å². The molecular formula is C10H13ClNO4P. The van der Waals surface area contributed by atoms with Crippen LogP contribution in [0.15, 0.2) is 30.3 Å². The fourth-order valence-electron chi connectivity index (χ4n) is 0.998. The van der Waals surface area contributed by atoms with Gasteiger partial charge in [-0.2, -0.15) is 0 Å². The average molecular weight is 278 g/mol. The molecule has 0 bridgehead atoms. The summed E-state index contributed by atoms with van der Waals surface area (Å²) in [6.07, 6.45) is -0.953. The minimum atomic E-state index is -3.26. The molecule has 0 spiro atoms. The van der Waals surface area contributed by atoms with Crippen LogP contribution in [0.5, 0.6) is 0 Å². The van der Waals surface area contributed by atoms with Gasteiger partial charge in [0.05, 0.1) is 0 Å². The lowest BCUT2D eigenvalue weighted by Crippen LogP contribution is -2.24. The van der Waals surface area contributed by atoms with Crippen molar-refractivity contribution in [3.8, 4) is 0 Å². The summed E-state index contributed by atoms with van der Waals surface area (Å²) in [4.78, 5) is 11.2. The Hall–Kier alpha value is -1.03. The molecule has 0 heterocycles. The maximum atomic E-state index is 11.2. The Bertz CT molecular complexity index is 412. The number of nitrogens with one attached hydrogen (secondary N) is 1. The Morgan fingerprint density at radius 3 is 2.65 bits per heavy atom. The van der Waals surface area contributed by atoms with Crippen molar-refractivity contribution in [2.24, 2.45) is 0 Å². The number of amides is 1. The highest BCUT2D eigenvalue weighted by Crippen LogP contribution is 2.50. The van der Waals surface area contributed by atoms with Crippen LogP contribution in [-0.4, -0.2) is 19.5 Å². The van der Waals surface area contributed by atoms with Crippen molar-refractivity contribution in [2.45, 2.75) is 6.61 Å². The van der Waals surface area contributed by atoms with E-state index in [2.05, 4.69) is 9.84 Å². The Morgan fingerprint density at radius 1 is 1.41 bits per heavy atom. The van der Waals surface area contributed by atoms with Gasteiger partial charge in [-0.05, 0) is 16.8 Å². The van der Waals surface area contributed by atoms with Gasteiger partial charge in [0.25, 0.3) is 0 Å². The lowest BCUT2D eigenvalue weighted by Gasteiger charge is -2.09. The standard InChI is InChI=1S/C10H13ClNO4P/c1-15-17(11,14)8-12-10(13)16-7-9-5-3-2-4-6-9/h2-6H,7-8H2,1H3,(H,12,13). The molecule has 1 amide bonds. The molecule has 0 fully saturated rings. The molecule has 1 unspecified atom stereocenters. The zero-order valence-corrected chi connectivity index (χ0v) is 10.9. The third-order valence-corrected chi connectivity index (χ3v) is 3.75. The van der Waals surface area contributed by atoms with E-state index >= 15 is 0 Å². The first-order valence-corrected chi connectivity index (χ1v) is 7.54. The van der Waals surface area contributed by atoms with Crippen LogP contribution in [0.4, 0.5) is 4.79 Å². The number of rotatable bonds is 5. The molecule has 0 aliphatic carbocycles. The maximum absolute atomic E-state index is 11.2. The summed E-state index contributed by atoms with van der Waals surface area (Å²) in [5, 5.41) is 2.26. The van der Waals surface area contributed by atoms with Crippen molar-refractivity contribution in [2.75, 3.05) is 13.4 Å². The van der Waals surface area contributed by atoms with Gasteiger partial charge < -0.3 is 14.6 Å². The van der Waals surface area contributed by atoms with Crippen molar-refractivity contribution in [3.05, 3.63) is 35.9 Å². The van der Waals surface area contributed by atoms with Crippen molar-refractivity contribution >= 4 is 24.1 Å². The second-order valence-electron chi connectivity index (χ2n) is 3.17. The van der Waals surface area contributed by atoms with Crippen LogP contribution in [0.3, 0.4) is 0 Å². The number of alkyl carbamates (subject to hydrolysis) is 1. The molecule has 1 aromatic carbocycles. The van der Waals surface area contributed by atoms with Crippen molar-refractivity contribution in [3.63, 3.8) is 0 Å². The predicted octanol–water partition coefficient (Wildman–Crippen LogP) is 2.95. The lowest BCUT2D eigenvalue weighted by molar-refractivity contribution is 0.141. The average Bonchev–Trinajstić information content (AvgIpc) is 2.35. The van der Waals surface area contributed by atoms with Gasteiger partial charge in [0, 0.05) is 7.11 Å². The summed E-state index contributed by atoms with van der Waals surface area (Å²) in [6, 6.07) is 9.21. The number of halogens is 1. The smallest absolute Gasteiger partial charge is 0.407 e. The number of carbonyl (C=O) groups is 1. The van der Waals surface area contributed by atoms with E-state index in [4.69, 9.17) is 16.0 Å². The van der Waals surface area contributed by atoms with Crippen LogP contribution in [-0.2, 0) is 20.4 Å². The largest absolute Gasteiger partial charge is 0.445 e. The zero-order valence-electron chi connectivity index (χ0n) is 9.26. The number of carbonyl (C=O) groups excluding carboxylic acids is 1. The molecule has 1 N–H and O–H groups in total. The monoisotopic (exact) mass is 277 g/mol. The predicted molar refractivity (Wildman–Crippen MR) is 65.1 cm³/mol. The Morgan fingerprint density at radius 2 is 2.06 bits per heavy atom. The van der Waals surface area contributed by atoms with E-state index in [-0.39, 0.29) is 12.9 Å². The molecule has 5 nitrogen and oxygen atoms in total. The molecule has 1 rings (SSSR count). The highest BCUT2D eigenvalue weighted by atomic mass is 35.7. The molecular weight excluding hydrogens is 265 g/mol. The van der Waals surface area contributed by atoms with E-state index in [1.807, 2.05) is 30.3 Å². The van der Waals surface area contributed by atoms with Crippen LogP contribution in [0.25, 0.3) is 0 Å². The highest BCUT2D eigenvalue weighted by Gasteiger charge is 2.18. The third kappa shape index (κ3) is 5.73. The molecule has 1 atom stereocenters. The number of benzene rings is 1. The summed E-state index contributed by atoms with van der Waals surface area (Å²) in [5.74, 6) is 0. The van der Waals surface area contributed by atoms with Crippen LogP contribution >= 0.6 is 18.0 Å². The minimum absolute atomic E-state index is 0.145. The van der Waals surface area contributed by atoms with Gasteiger partial charge in [-0.25, -0.2) is 4.79 Å². The van der Waals surface area contributed by atoms with E-state index in [0.717, 1.165) is 5.56 Å². The molecule has 0 saturated carbocycles. The lowest BCUT2D eigenvalue weighted by atomic mass is 10.2. The Kier molecular flexibility index (Phi) is 5.48. The summed E-state index contributed by atoms with van der Waals surface area (Å²) in [5.41, 5.74) is 0.864. The second kappa shape index (κ2) is 6.64.